The lowest BCUT2D eigenvalue weighted by molar-refractivity contribution is -0.122. The predicted molar refractivity (Wildman–Crippen MR) is 73.9 cm³/mol. The molecular formula is C10H13N9O3. The van der Waals surface area contributed by atoms with Crippen LogP contribution in [0.5, 0.6) is 0 Å². The number of azide groups is 1. The quantitative estimate of drug-likeness (QED) is 0.323. The first kappa shape index (κ1) is 14.3. The minimum atomic E-state index is -1.75. The number of aromatic nitrogens is 4. The summed E-state index contributed by atoms with van der Waals surface area (Å²) >= 11 is 0. The summed E-state index contributed by atoms with van der Waals surface area (Å²) < 4.78 is 7.03. The first-order valence-electron chi connectivity index (χ1n) is 6.29. The number of hydrogen-bond donors (Lipinski definition) is 4. The van der Waals surface area contributed by atoms with E-state index in [9.17, 15) is 10.2 Å². The van der Waals surface area contributed by atoms with E-state index in [4.69, 9.17) is 21.7 Å². The molecule has 0 unspecified atom stereocenters. The zero-order chi connectivity index (χ0) is 15.9. The Balaban J connectivity index is 2.05. The minimum Gasteiger partial charge on any atom is -0.393 e. The van der Waals surface area contributed by atoms with Crippen LogP contribution in [0.1, 0.15) is 12.6 Å². The topological polar surface area (TPSA) is 194 Å². The van der Waals surface area contributed by atoms with Gasteiger partial charge in [-0.05, 0) is 5.53 Å². The zero-order valence-corrected chi connectivity index (χ0v) is 11.2. The van der Waals surface area contributed by atoms with E-state index in [-0.39, 0.29) is 18.2 Å². The monoisotopic (exact) mass is 307 g/mol. The SMILES string of the molecule is [N-]=[N+]=N[C@]1(CO)O[C@H](n2cnc3c(N)nc(N)nc32)C[C@@H]1O. The van der Waals surface area contributed by atoms with Crippen molar-refractivity contribution in [1.29, 1.82) is 0 Å². The Labute approximate surface area is 123 Å². The number of hydrogen-bond acceptors (Lipinski definition) is 9. The van der Waals surface area contributed by atoms with Crippen LogP contribution in [0.15, 0.2) is 11.4 Å². The summed E-state index contributed by atoms with van der Waals surface area (Å²) in [4.78, 5) is 14.5. The Hall–Kier alpha value is -2.66. The third-order valence-corrected chi connectivity index (χ3v) is 3.50. The standard InChI is InChI=1S/C10H13N9O3/c11-7-6-8(16-9(12)15-7)19(3-14-6)5-1-4(21)10(2-20,22-5)17-18-13/h3-5,20-21H,1-2H2,(H4,11,12,15,16)/t4-,5-,10+/m0/s1. The highest BCUT2D eigenvalue weighted by Gasteiger charge is 2.48. The first-order chi connectivity index (χ1) is 10.5. The normalized spacial score (nSPS) is 27.9. The molecule has 1 aliphatic rings. The summed E-state index contributed by atoms with van der Waals surface area (Å²) in [6.45, 7) is -0.666. The Bertz CT molecular complexity index is 770. The number of aliphatic hydroxyl groups excluding tert-OH is 2. The van der Waals surface area contributed by atoms with Crippen LogP contribution in [0.2, 0.25) is 0 Å². The summed E-state index contributed by atoms with van der Waals surface area (Å²) in [5.74, 6) is 0.0806. The number of ether oxygens (including phenoxy) is 1. The van der Waals surface area contributed by atoms with Gasteiger partial charge in [0.05, 0.1) is 19.0 Å². The molecule has 0 aromatic carbocycles. The van der Waals surface area contributed by atoms with Crippen LogP contribution in [-0.4, -0.2) is 48.2 Å². The summed E-state index contributed by atoms with van der Waals surface area (Å²) in [5, 5.41) is 22.8. The number of nitrogen functional groups attached to an aromatic ring is 2. The fourth-order valence-corrected chi connectivity index (χ4v) is 2.41. The molecule has 0 spiro atoms. The molecule has 0 saturated carbocycles. The van der Waals surface area contributed by atoms with Gasteiger partial charge in [0.1, 0.15) is 11.7 Å². The maximum Gasteiger partial charge on any atom is 0.224 e. The second-order valence-electron chi connectivity index (χ2n) is 4.81. The lowest BCUT2D eigenvalue weighted by Gasteiger charge is -2.24. The van der Waals surface area contributed by atoms with Gasteiger partial charge in [-0.3, -0.25) is 4.57 Å². The van der Waals surface area contributed by atoms with Crippen molar-refractivity contribution in [3.63, 3.8) is 0 Å². The number of aliphatic hydroxyl groups is 2. The number of imidazole rings is 1. The largest absolute Gasteiger partial charge is 0.393 e. The molecule has 3 heterocycles. The first-order valence-corrected chi connectivity index (χ1v) is 6.29. The molecule has 6 N–H and O–H groups in total. The maximum absolute atomic E-state index is 10.1. The van der Waals surface area contributed by atoms with Gasteiger partial charge in [0.25, 0.3) is 0 Å². The zero-order valence-electron chi connectivity index (χ0n) is 11.2. The van der Waals surface area contributed by atoms with Crippen LogP contribution in [0.25, 0.3) is 21.6 Å². The number of nitrogens with zero attached hydrogens (tertiary/aromatic N) is 7. The van der Waals surface area contributed by atoms with Gasteiger partial charge < -0.3 is 26.4 Å². The Kier molecular flexibility index (Phi) is 3.22. The lowest BCUT2D eigenvalue weighted by atomic mass is 10.1. The highest BCUT2D eigenvalue weighted by molar-refractivity contribution is 5.82. The third-order valence-electron chi connectivity index (χ3n) is 3.50. The number of rotatable bonds is 3. The fourth-order valence-electron chi connectivity index (χ4n) is 2.41. The van der Waals surface area contributed by atoms with Crippen LogP contribution in [0, 0.1) is 0 Å². The van der Waals surface area contributed by atoms with Gasteiger partial charge >= 0.3 is 0 Å². The van der Waals surface area contributed by atoms with Crippen molar-refractivity contribution in [2.24, 2.45) is 5.11 Å². The van der Waals surface area contributed by atoms with Crippen LogP contribution in [0.3, 0.4) is 0 Å². The van der Waals surface area contributed by atoms with Crippen molar-refractivity contribution >= 4 is 22.9 Å². The number of fused-ring (bicyclic) bond motifs is 1. The summed E-state index contributed by atoms with van der Waals surface area (Å²) in [6.07, 6.45) is -0.482. The van der Waals surface area contributed by atoms with Gasteiger partial charge in [-0.25, -0.2) is 4.98 Å². The van der Waals surface area contributed by atoms with Gasteiger partial charge in [-0.15, -0.1) is 0 Å². The molecule has 2 aromatic rings. The molecule has 2 aromatic heterocycles. The molecule has 0 amide bonds. The van der Waals surface area contributed by atoms with E-state index in [1.165, 1.54) is 10.9 Å². The average molecular weight is 307 g/mol. The van der Waals surface area contributed by atoms with E-state index in [1.807, 2.05) is 0 Å². The van der Waals surface area contributed by atoms with Crippen molar-refractivity contribution < 1.29 is 14.9 Å². The smallest absolute Gasteiger partial charge is 0.224 e. The van der Waals surface area contributed by atoms with Gasteiger partial charge in [0.15, 0.2) is 17.2 Å². The molecule has 0 aliphatic carbocycles. The van der Waals surface area contributed by atoms with Crippen LogP contribution >= 0.6 is 0 Å². The molecular weight excluding hydrogens is 294 g/mol. The Morgan fingerprint density at radius 3 is 3.00 bits per heavy atom. The molecule has 0 radical (unpaired) electrons. The summed E-state index contributed by atoms with van der Waals surface area (Å²) in [6, 6.07) is 0. The summed E-state index contributed by atoms with van der Waals surface area (Å²) in [7, 11) is 0. The number of anilines is 2. The van der Waals surface area contributed by atoms with Crippen LogP contribution < -0.4 is 11.5 Å². The molecule has 12 nitrogen and oxygen atoms in total. The Morgan fingerprint density at radius 2 is 2.32 bits per heavy atom. The summed E-state index contributed by atoms with van der Waals surface area (Å²) in [5.41, 5.74) is 18.8. The van der Waals surface area contributed by atoms with E-state index in [2.05, 4.69) is 25.0 Å². The molecule has 12 heteroatoms. The van der Waals surface area contributed by atoms with Gasteiger partial charge in [0.2, 0.25) is 5.95 Å². The molecule has 3 rings (SSSR count). The van der Waals surface area contributed by atoms with E-state index >= 15 is 0 Å². The van der Waals surface area contributed by atoms with Crippen LogP contribution in [-0.2, 0) is 4.74 Å². The minimum absolute atomic E-state index is 0.0336. The highest BCUT2D eigenvalue weighted by atomic mass is 16.6. The van der Waals surface area contributed by atoms with E-state index in [0.29, 0.717) is 11.2 Å². The number of nitrogens with two attached hydrogens (primary N) is 2. The highest BCUT2D eigenvalue weighted by Crippen LogP contribution is 2.39. The van der Waals surface area contributed by atoms with E-state index in [1.54, 1.807) is 0 Å². The molecule has 3 atom stereocenters. The van der Waals surface area contributed by atoms with Crippen molar-refractivity contribution in [3.8, 4) is 0 Å². The van der Waals surface area contributed by atoms with Gasteiger partial charge in [0, 0.05) is 11.3 Å². The molecule has 0 bridgehead atoms. The van der Waals surface area contributed by atoms with E-state index < -0.39 is 24.7 Å². The van der Waals surface area contributed by atoms with Crippen molar-refractivity contribution in [3.05, 3.63) is 16.8 Å². The maximum atomic E-state index is 10.1. The van der Waals surface area contributed by atoms with E-state index in [0.717, 1.165) is 0 Å². The van der Waals surface area contributed by atoms with Gasteiger partial charge in [-0.2, -0.15) is 9.97 Å². The molecule has 1 fully saturated rings. The van der Waals surface area contributed by atoms with Gasteiger partial charge in [-0.1, -0.05) is 5.11 Å². The van der Waals surface area contributed by atoms with Crippen LogP contribution in [0.4, 0.5) is 11.8 Å². The molecule has 1 aliphatic heterocycles. The third kappa shape index (κ3) is 1.98. The Morgan fingerprint density at radius 1 is 1.55 bits per heavy atom. The van der Waals surface area contributed by atoms with Crippen molar-refractivity contribution in [1.82, 2.24) is 19.5 Å². The second-order valence-corrected chi connectivity index (χ2v) is 4.81. The van der Waals surface area contributed by atoms with Crippen molar-refractivity contribution in [2.45, 2.75) is 24.5 Å². The molecule has 116 valence electrons. The average Bonchev–Trinajstić information content (AvgIpc) is 3.02. The fraction of sp³-hybridized carbons (Fsp3) is 0.500. The molecule has 22 heavy (non-hydrogen) atoms. The molecule has 1 saturated heterocycles. The predicted octanol–water partition coefficient (Wildman–Crippen LogP) is -0.731. The lowest BCUT2D eigenvalue weighted by Crippen LogP contribution is -2.40. The second kappa shape index (κ2) is 4.96. The van der Waals surface area contributed by atoms with Crippen molar-refractivity contribution in [2.75, 3.05) is 18.1 Å².